The fourth-order valence-corrected chi connectivity index (χ4v) is 5.09. The van der Waals surface area contributed by atoms with Crippen LogP contribution in [0.25, 0.3) is 22.4 Å². The molecule has 214 valence electrons. The molecule has 0 saturated heterocycles. The Morgan fingerprint density at radius 1 is 0.952 bits per heavy atom. The summed E-state index contributed by atoms with van der Waals surface area (Å²) in [6, 6.07) is 20.3. The smallest absolute Gasteiger partial charge is 0.550 e. The molecule has 0 bridgehead atoms. The van der Waals surface area contributed by atoms with Crippen molar-refractivity contribution in [3.05, 3.63) is 96.2 Å². The fourth-order valence-electron chi connectivity index (χ4n) is 5.09. The van der Waals surface area contributed by atoms with E-state index in [1.165, 1.54) is 12.1 Å². The largest absolute Gasteiger partial charge is 1.00 e. The Hall–Kier alpha value is -3.34. The normalized spacial score (nSPS) is 12.4. The van der Waals surface area contributed by atoms with Crippen LogP contribution >= 0.6 is 0 Å². The van der Waals surface area contributed by atoms with Gasteiger partial charge in [0.05, 0.1) is 17.9 Å². The predicted molar refractivity (Wildman–Crippen MR) is 152 cm³/mol. The van der Waals surface area contributed by atoms with Crippen molar-refractivity contribution in [2.45, 2.75) is 57.8 Å². The molecule has 0 aliphatic carbocycles. The minimum Gasteiger partial charge on any atom is -0.550 e. The second kappa shape index (κ2) is 15.2. The maximum Gasteiger partial charge on any atom is 1.00 e. The van der Waals surface area contributed by atoms with Crippen LogP contribution in [0.2, 0.25) is 0 Å². The van der Waals surface area contributed by atoms with Gasteiger partial charge in [-0.25, -0.2) is 4.39 Å². The van der Waals surface area contributed by atoms with Gasteiger partial charge in [0.1, 0.15) is 11.5 Å². The van der Waals surface area contributed by atoms with Crippen molar-refractivity contribution in [2.75, 3.05) is 5.32 Å². The molecule has 3 N–H and O–H groups in total. The zero-order valence-corrected chi connectivity index (χ0v) is 26.0. The third-order valence-corrected chi connectivity index (χ3v) is 6.78. The first kappa shape index (κ1) is 33.2. The van der Waals surface area contributed by atoms with Crippen molar-refractivity contribution >= 4 is 17.6 Å². The number of aliphatic carboxylic acids is 1. The second-order valence-electron chi connectivity index (χ2n) is 10.2. The summed E-state index contributed by atoms with van der Waals surface area (Å²) in [4.78, 5) is 29.4. The standard InChI is InChI=1S/C32H34FN3O5.Na/c1-20(2)36-27(16-15-24(37)18-25(38)19-28(39)40)29(21-11-13-22(33)14-12-21)30(26-10-6-7-17-34-26)31(36)32(41)35-23-8-4-3-5-9-23;/h3-14,17,20,24-25,37-38H,15-16,18-19H2,1-2H3,(H,35,41)(H,39,40);/q;+1/p-1/t24-,25-;/m1./s1. The number of pyridine rings is 1. The summed E-state index contributed by atoms with van der Waals surface area (Å²) in [6.07, 6.45) is -0.887. The Bertz CT molecular complexity index is 1480. The van der Waals surface area contributed by atoms with E-state index in [1.807, 2.05) is 42.7 Å². The van der Waals surface area contributed by atoms with Gasteiger partial charge >= 0.3 is 29.6 Å². The first-order chi connectivity index (χ1) is 19.7. The van der Waals surface area contributed by atoms with Gasteiger partial charge in [0.25, 0.3) is 5.91 Å². The van der Waals surface area contributed by atoms with Crippen LogP contribution in [-0.4, -0.2) is 43.8 Å². The number of carbonyl (C=O) groups excluding carboxylic acids is 2. The number of para-hydroxylation sites is 1. The molecule has 0 radical (unpaired) electrons. The second-order valence-corrected chi connectivity index (χ2v) is 10.2. The number of anilines is 1. The zero-order chi connectivity index (χ0) is 29.5. The van der Waals surface area contributed by atoms with Crippen molar-refractivity contribution < 1.29 is 58.9 Å². The van der Waals surface area contributed by atoms with E-state index in [4.69, 9.17) is 0 Å². The molecule has 4 aromatic rings. The van der Waals surface area contributed by atoms with Crippen molar-refractivity contribution in [1.82, 2.24) is 9.55 Å². The number of aliphatic hydroxyl groups excluding tert-OH is 2. The predicted octanol–water partition coefficient (Wildman–Crippen LogP) is 1.38. The Kier molecular flexibility index (Phi) is 12.0. The number of nitrogens with one attached hydrogen (secondary N) is 1. The molecule has 2 aromatic heterocycles. The molecular formula is C32H33FN3NaO5. The number of amides is 1. The van der Waals surface area contributed by atoms with Gasteiger partial charge in [-0.05, 0) is 75.1 Å². The number of carboxylic acid groups (broad SMARTS) is 1. The number of rotatable bonds is 12. The van der Waals surface area contributed by atoms with Gasteiger partial charge in [0.2, 0.25) is 0 Å². The van der Waals surface area contributed by atoms with Crippen molar-refractivity contribution in [1.29, 1.82) is 0 Å². The SMILES string of the molecule is CC(C)n1c(CC[C@@H](O)C[C@@H](O)CC(=O)[O-])c(-c2ccc(F)cc2)c(-c2ccccn2)c1C(=O)Nc1ccccc1.[Na+]. The van der Waals surface area contributed by atoms with Gasteiger partial charge in [-0.2, -0.15) is 0 Å². The zero-order valence-electron chi connectivity index (χ0n) is 24.0. The fraction of sp³-hybridized carbons (Fsp3) is 0.281. The maximum atomic E-state index is 14.0. The third kappa shape index (κ3) is 8.14. The molecule has 8 nitrogen and oxygen atoms in total. The monoisotopic (exact) mass is 581 g/mol. The number of halogens is 1. The van der Waals surface area contributed by atoms with Crippen LogP contribution in [0.3, 0.4) is 0 Å². The Morgan fingerprint density at radius 3 is 2.21 bits per heavy atom. The van der Waals surface area contributed by atoms with Crippen LogP contribution < -0.4 is 40.0 Å². The van der Waals surface area contributed by atoms with Crippen LogP contribution in [-0.2, 0) is 11.2 Å². The molecule has 0 spiro atoms. The number of carbonyl (C=O) groups is 2. The average molecular weight is 582 g/mol. The summed E-state index contributed by atoms with van der Waals surface area (Å²) < 4.78 is 15.9. The molecule has 0 unspecified atom stereocenters. The number of aliphatic hydroxyl groups is 2. The Balaban J connectivity index is 0.00000484. The maximum absolute atomic E-state index is 14.0. The minimum atomic E-state index is -1.40. The van der Waals surface area contributed by atoms with Crippen LogP contribution in [0.4, 0.5) is 10.1 Å². The Morgan fingerprint density at radius 2 is 1.62 bits per heavy atom. The Labute approximate surface area is 266 Å². The van der Waals surface area contributed by atoms with Gasteiger partial charge in [-0.3, -0.25) is 9.78 Å². The van der Waals surface area contributed by atoms with Gasteiger partial charge in [0, 0.05) is 47.1 Å². The first-order valence-corrected chi connectivity index (χ1v) is 13.5. The van der Waals surface area contributed by atoms with Gasteiger partial charge in [0.15, 0.2) is 0 Å². The van der Waals surface area contributed by atoms with Crippen LogP contribution in [0, 0.1) is 5.82 Å². The summed E-state index contributed by atoms with van der Waals surface area (Å²) >= 11 is 0. The number of aromatic nitrogens is 2. The summed E-state index contributed by atoms with van der Waals surface area (Å²) in [5.74, 6) is -2.16. The summed E-state index contributed by atoms with van der Waals surface area (Å²) in [7, 11) is 0. The number of hydrogen-bond donors (Lipinski definition) is 3. The molecule has 0 aliphatic heterocycles. The van der Waals surface area contributed by atoms with E-state index in [2.05, 4.69) is 10.3 Å². The third-order valence-electron chi connectivity index (χ3n) is 6.78. The molecule has 1 amide bonds. The van der Waals surface area contributed by atoms with E-state index in [0.29, 0.717) is 33.8 Å². The number of nitrogens with zero attached hydrogens (tertiary/aromatic N) is 2. The topological polar surface area (TPSA) is 128 Å². The van der Waals surface area contributed by atoms with Crippen molar-refractivity contribution in [3.8, 4) is 22.4 Å². The van der Waals surface area contributed by atoms with Crippen LogP contribution in [0.1, 0.15) is 55.3 Å². The van der Waals surface area contributed by atoms with E-state index >= 15 is 0 Å². The van der Waals surface area contributed by atoms with Gasteiger partial charge in [-0.15, -0.1) is 0 Å². The average Bonchev–Trinajstić information content (AvgIpc) is 3.28. The number of hydrogen-bond acceptors (Lipinski definition) is 6. The van der Waals surface area contributed by atoms with Crippen LogP contribution in [0.15, 0.2) is 79.0 Å². The number of benzene rings is 2. The molecule has 0 fully saturated rings. The molecule has 10 heteroatoms. The van der Waals surface area contributed by atoms with E-state index in [9.17, 15) is 29.3 Å². The quantitative estimate of drug-likeness (QED) is 0.217. The van der Waals surface area contributed by atoms with Crippen molar-refractivity contribution in [3.63, 3.8) is 0 Å². The van der Waals surface area contributed by atoms with E-state index in [0.717, 1.165) is 5.69 Å². The molecule has 42 heavy (non-hydrogen) atoms. The first-order valence-electron chi connectivity index (χ1n) is 13.5. The molecule has 0 saturated carbocycles. The van der Waals surface area contributed by atoms with Gasteiger partial charge < -0.3 is 30.0 Å². The summed E-state index contributed by atoms with van der Waals surface area (Å²) in [5, 5.41) is 34.6. The van der Waals surface area contributed by atoms with E-state index in [1.54, 1.807) is 42.6 Å². The molecule has 2 aromatic carbocycles. The molecule has 2 heterocycles. The van der Waals surface area contributed by atoms with E-state index in [-0.39, 0.29) is 60.8 Å². The molecule has 2 atom stereocenters. The summed E-state index contributed by atoms with van der Waals surface area (Å²) in [6.45, 7) is 3.89. The van der Waals surface area contributed by atoms with Crippen molar-refractivity contribution in [2.24, 2.45) is 0 Å². The van der Waals surface area contributed by atoms with Crippen LogP contribution in [0.5, 0.6) is 0 Å². The molecule has 0 aliphatic rings. The van der Waals surface area contributed by atoms with Gasteiger partial charge in [-0.1, -0.05) is 36.4 Å². The minimum absolute atomic E-state index is 0. The number of carboxylic acids is 1. The molecular weight excluding hydrogens is 548 g/mol. The molecule has 4 rings (SSSR count). The summed E-state index contributed by atoms with van der Waals surface area (Å²) in [5.41, 5.74) is 4.17. The van der Waals surface area contributed by atoms with E-state index < -0.39 is 30.4 Å².